The fraction of sp³-hybridized carbons (Fsp3) is 0.214. The molecular weight excluding hydrogens is 240 g/mol. The van der Waals surface area contributed by atoms with Crippen LogP contribution >= 0.6 is 0 Å². The van der Waals surface area contributed by atoms with E-state index in [0.29, 0.717) is 17.6 Å². The molecule has 0 bridgehead atoms. The van der Waals surface area contributed by atoms with E-state index in [1.165, 1.54) is 5.56 Å². The lowest BCUT2D eigenvalue weighted by atomic mass is 10.2. The molecule has 1 aromatic carbocycles. The zero-order chi connectivity index (χ0) is 13.4. The van der Waals surface area contributed by atoms with E-state index in [-0.39, 0.29) is 5.56 Å². The van der Waals surface area contributed by atoms with Crippen molar-refractivity contribution in [2.24, 2.45) is 0 Å². The second kappa shape index (κ2) is 4.35. The molecule has 5 heteroatoms. The van der Waals surface area contributed by atoms with Crippen molar-refractivity contribution < 1.29 is 0 Å². The van der Waals surface area contributed by atoms with Gasteiger partial charge in [-0.3, -0.25) is 9.36 Å². The van der Waals surface area contributed by atoms with Gasteiger partial charge in [-0.25, -0.2) is 9.67 Å². The number of hydrogen-bond acceptors (Lipinski definition) is 3. The number of benzene rings is 1. The molecule has 96 valence electrons. The molecule has 0 aliphatic heterocycles. The van der Waals surface area contributed by atoms with E-state index in [9.17, 15) is 4.79 Å². The van der Waals surface area contributed by atoms with Crippen LogP contribution in [-0.2, 0) is 6.54 Å². The number of rotatable bonds is 2. The van der Waals surface area contributed by atoms with Crippen molar-refractivity contribution in [1.29, 1.82) is 0 Å². The zero-order valence-electron chi connectivity index (χ0n) is 10.9. The number of fused-ring (bicyclic) bond motifs is 1. The number of nitrogens with zero attached hydrogens (tertiary/aromatic N) is 4. The van der Waals surface area contributed by atoms with Gasteiger partial charge in [0.05, 0.1) is 18.2 Å². The molecular formula is C14H14N4O. The summed E-state index contributed by atoms with van der Waals surface area (Å²) in [5, 5.41) is 4.82. The van der Waals surface area contributed by atoms with Gasteiger partial charge in [0.15, 0.2) is 5.65 Å². The molecule has 0 radical (unpaired) electrons. The maximum Gasteiger partial charge on any atom is 0.264 e. The van der Waals surface area contributed by atoms with Crippen LogP contribution in [0.1, 0.15) is 12.5 Å². The zero-order valence-corrected chi connectivity index (χ0v) is 10.9. The van der Waals surface area contributed by atoms with Crippen molar-refractivity contribution in [3.63, 3.8) is 0 Å². The summed E-state index contributed by atoms with van der Waals surface area (Å²) in [7, 11) is 0. The standard InChI is InChI=1S/C14H14N4O/c1-3-17-9-15-13-12(14(17)19)8-16-18(13)11-6-4-10(2)5-7-11/h4-9H,3H2,1-2H3. The summed E-state index contributed by atoms with van der Waals surface area (Å²) in [6, 6.07) is 7.95. The van der Waals surface area contributed by atoms with Gasteiger partial charge in [-0.1, -0.05) is 17.7 Å². The van der Waals surface area contributed by atoms with E-state index < -0.39 is 0 Å². The van der Waals surface area contributed by atoms with Crippen molar-refractivity contribution in [1.82, 2.24) is 19.3 Å². The first-order valence-corrected chi connectivity index (χ1v) is 6.21. The highest BCUT2D eigenvalue weighted by Gasteiger charge is 2.10. The Morgan fingerprint density at radius 3 is 2.63 bits per heavy atom. The molecule has 3 aromatic rings. The predicted molar refractivity (Wildman–Crippen MR) is 73.5 cm³/mol. The minimum absolute atomic E-state index is 0.0501. The Morgan fingerprint density at radius 1 is 1.21 bits per heavy atom. The fourth-order valence-electron chi connectivity index (χ4n) is 2.05. The average molecular weight is 254 g/mol. The SMILES string of the molecule is CCn1cnc2c(cnn2-c2ccc(C)cc2)c1=O. The molecule has 0 spiro atoms. The van der Waals surface area contributed by atoms with Crippen molar-refractivity contribution >= 4 is 11.0 Å². The Bertz CT molecular complexity index is 783. The molecule has 0 saturated heterocycles. The molecule has 2 aromatic heterocycles. The van der Waals surface area contributed by atoms with Crippen LogP contribution in [-0.4, -0.2) is 19.3 Å². The molecule has 19 heavy (non-hydrogen) atoms. The van der Waals surface area contributed by atoms with E-state index in [1.54, 1.807) is 21.8 Å². The Kier molecular flexibility index (Phi) is 2.67. The van der Waals surface area contributed by atoms with Gasteiger partial charge in [-0.15, -0.1) is 0 Å². The second-order valence-electron chi connectivity index (χ2n) is 4.46. The molecule has 0 aliphatic carbocycles. The molecule has 0 unspecified atom stereocenters. The quantitative estimate of drug-likeness (QED) is 0.702. The summed E-state index contributed by atoms with van der Waals surface area (Å²) in [6.07, 6.45) is 3.15. The minimum Gasteiger partial charge on any atom is -0.299 e. The fourth-order valence-corrected chi connectivity index (χ4v) is 2.05. The summed E-state index contributed by atoms with van der Waals surface area (Å²) >= 11 is 0. The molecule has 5 nitrogen and oxygen atoms in total. The molecule has 0 N–H and O–H groups in total. The minimum atomic E-state index is -0.0501. The van der Waals surface area contributed by atoms with Crippen LogP contribution in [0.15, 0.2) is 41.6 Å². The maximum atomic E-state index is 12.1. The number of aromatic nitrogens is 4. The first kappa shape index (κ1) is 11.6. The van der Waals surface area contributed by atoms with Gasteiger partial charge < -0.3 is 0 Å². The predicted octanol–water partition coefficient (Wildman–Crippen LogP) is 1.91. The molecule has 0 amide bonds. The van der Waals surface area contributed by atoms with Crippen LogP contribution in [0.3, 0.4) is 0 Å². The second-order valence-corrected chi connectivity index (χ2v) is 4.46. The summed E-state index contributed by atoms with van der Waals surface area (Å²) in [6.45, 7) is 4.56. The Labute approximate surface area is 110 Å². The van der Waals surface area contributed by atoms with E-state index >= 15 is 0 Å². The normalized spacial score (nSPS) is 11.1. The lowest BCUT2D eigenvalue weighted by Gasteiger charge is -2.04. The lowest BCUT2D eigenvalue weighted by Crippen LogP contribution is -2.19. The van der Waals surface area contributed by atoms with Crippen LogP contribution in [0.5, 0.6) is 0 Å². The first-order valence-electron chi connectivity index (χ1n) is 6.21. The highest BCUT2D eigenvalue weighted by Crippen LogP contribution is 2.14. The van der Waals surface area contributed by atoms with Crippen LogP contribution in [0.25, 0.3) is 16.7 Å². The van der Waals surface area contributed by atoms with Gasteiger partial charge in [-0.2, -0.15) is 5.10 Å². The lowest BCUT2D eigenvalue weighted by molar-refractivity contribution is 0.715. The third-order valence-electron chi connectivity index (χ3n) is 3.17. The summed E-state index contributed by atoms with van der Waals surface area (Å²) < 4.78 is 3.26. The third-order valence-corrected chi connectivity index (χ3v) is 3.17. The van der Waals surface area contributed by atoms with E-state index in [2.05, 4.69) is 10.1 Å². The van der Waals surface area contributed by atoms with Crippen molar-refractivity contribution in [2.45, 2.75) is 20.4 Å². The maximum absolute atomic E-state index is 12.1. The Balaban J connectivity index is 2.24. The summed E-state index contributed by atoms with van der Waals surface area (Å²) in [4.78, 5) is 16.5. The average Bonchev–Trinajstić information content (AvgIpc) is 2.85. The van der Waals surface area contributed by atoms with Gasteiger partial charge in [0.1, 0.15) is 5.39 Å². The van der Waals surface area contributed by atoms with Gasteiger partial charge >= 0.3 is 0 Å². The van der Waals surface area contributed by atoms with Gasteiger partial charge in [0.2, 0.25) is 0 Å². The highest BCUT2D eigenvalue weighted by molar-refractivity contribution is 5.74. The van der Waals surface area contributed by atoms with Crippen LogP contribution in [0.4, 0.5) is 0 Å². The Hall–Kier alpha value is -2.43. The summed E-state index contributed by atoms with van der Waals surface area (Å²) in [5.74, 6) is 0. The van der Waals surface area contributed by atoms with Gasteiger partial charge in [0, 0.05) is 6.54 Å². The Morgan fingerprint density at radius 2 is 1.95 bits per heavy atom. The van der Waals surface area contributed by atoms with Crippen LogP contribution in [0.2, 0.25) is 0 Å². The van der Waals surface area contributed by atoms with Crippen molar-refractivity contribution in [3.8, 4) is 5.69 Å². The van der Waals surface area contributed by atoms with E-state index in [4.69, 9.17) is 0 Å². The van der Waals surface area contributed by atoms with Crippen molar-refractivity contribution in [2.75, 3.05) is 0 Å². The molecule has 0 fully saturated rings. The smallest absolute Gasteiger partial charge is 0.264 e. The van der Waals surface area contributed by atoms with Crippen LogP contribution < -0.4 is 5.56 Å². The first-order chi connectivity index (χ1) is 9.20. The number of hydrogen-bond donors (Lipinski definition) is 0. The topological polar surface area (TPSA) is 52.7 Å². The van der Waals surface area contributed by atoms with E-state index in [1.807, 2.05) is 38.1 Å². The van der Waals surface area contributed by atoms with E-state index in [0.717, 1.165) is 5.69 Å². The van der Waals surface area contributed by atoms with Gasteiger partial charge in [0.25, 0.3) is 5.56 Å². The summed E-state index contributed by atoms with van der Waals surface area (Å²) in [5.41, 5.74) is 2.63. The molecule has 0 atom stereocenters. The monoisotopic (exact) mass is 254 g/mol. The molecule has 3 rings (SSSR count). The molecule has 0 saturated carbocycles. The van der Waals surface area contributed by atoms with Crippen molar-refractivity contribution in [3.05, 3.63) is 52.7 Å². The third kappa shape index (κ3) is 1.83. The highest BCUT2D eigenvalue weighted by atomic mass is 16.1. The molecule has 2 heterocycles. The number of aryl methyl sites for hydroxylation is 2. The van der Waals surface area contributed by atoms with Crippen LogP contribution in [0, 0.1) is 6.92 Å². The molecule has 0 aliphatic rings. The van der Waals surface area contributed by atoms with Gasteiger partial charge in [-0.05, 0) is 26.0 Å². The largest absolute Gasteiger partial charge is 0.299 e.